The maximum atomic E-state index is 3.91. The molecule has 3 aromatic rings. The molecular weight excluding hydrogens is 304 g/mol. The van der Waals surface area contributed by atoms with Crippen LogP contribution in [-0.4, -0.2) is 8.07 Å². The van der Waals surface area contributed by atoms with Gasteiger partial charge >= 0.3 is 0 Å². The number of rotatable bonds is 7. The van der Waals surface area contributed by atoms with Gasteiger partial charge in [-0.3, -0.25) is 0 Å². The normalized spacial score (nSPS) is 11.2. The van der Waals surface area contributed by atoms with Crippen LogP contribution in [-0.2, 0) is 0 Å². The van der Waals surface area contributed by atoms with E-state index in [0.717, 1.165) is 6.42 Å². The molecule has 1 heteroatoms. The minimum absolute atomic E-state index is 1.07. The summed E-state index contributed by atoms with van der Waals surface area (Å²) in [5.41, 5.74) is 0. The van der Waals surface area contributed by atoms with Gasteiger partial charge in [0.25, 0.3) is 0 Å². The fraction of sp³-hybridized carbons (Fsp3) is 0.130. The summed E-state index contributed by atoms with van der Waals surface area (Å²) in [5.74, 6) is 0. The van der Waals surface area contributed by atoms with Crippen LogP contribution in [0.2, 0.25) is 6.04 Å². The van der Waals surface area contributed by atoms with Crippen LogP contribution in [0.1, 0.15) is 12.8 Å². The summed E-state index contributed by atoms with van der Waals surface area (Å²) in [4.78, 5) is 0. The number of unbranched alkanes of at least 4 members (excludes halogenated alkanes) is 1. The lowest BCUT2D eigenvalue weighted by atomic mass is 10.3. The standard InChI is InChI=1S/C23H24Si/c1-2-3-13-20-24(21-14-7-4-8-15-21,22-16-9-5-10-17-22)23-18-11-6-12-19-23/h2,4-12,14-19H,1,3,13,20H2. The lowest BCUT2D eigenvalue weighted by molar-refractivity contribution is 0.945. The Labute approximate surface area is 146 Å². The zero-order valence-electron chi connectivity index (χ0n) is 14.1. The summed E-state index contributed by atoms with van der Waals surface area (Å²) in [6.07, 6.45) is 4.29. The Morgan fingerprint density at radius 2 is 1.00 bits per heavy atom. The van der Waals surface area contributed by atoms with Crippen molar-refractivity contribution >= 4 is 23.6 Å². The molecule has 0 N–H and O–H groups in total. The van der Waals surface area contributed by atoms with Crippen molar-refractivity contribution in [2.45, 2.75) is 18.9 Å². The molecule has 0 aliphatic heterocycles. The SMILES string of the molecule is C=CCCC[Si](c1ccccc1)(c1ccccc1)c1ccccc1. The van der Waals surface area contributed by atoms with Crippen LogP contribution in [0, 0.1) is 0 Å². The highest BCUT2D eigenvalue weighted by Gasteiger charge is 2.38. The van der Waals surface area contributed by atoms with Crippen LogP contribution < -0.4 is 15.6 Å². The number of hydrogen-bond acceptors (Lipinski definition) is 0. The molecule has 0 aliphatic rings. The molecule has 3 aromatic carbocycles. The predicted octanol–water partition coefficient (Wildman–Crippen LogP) is 4.12. The molecule has 0 unspecified atom stereocenters. The second kappa shape index (κ2) is 7.94. The maximum Gasteiger partial charge on any atom is 0.148 e. The second-order valence-electron chi connectivity index (χ2n) is 6.18. The minimum atomic E-state index is -2.01. The van der Waals surface area contributed by atoms with Crippen LogP contribution in [0.15, 0.2) is 104 Å². The van der Waals surface area contributed by atoms with E-state index in [4.69, 9.17) is 0 Å². The molecule has 120 valence electrons. The molecule has 24 heavy (non-hydrogen) atoms. The zero-order chi connectivity index (χ0) is 16.7. The lowest BCUT2D eigenvalue weighted by Gasteiger charge is -2.34. The first-order valence-corrected chi connectivity index (χ1v) is 10.9. The van der Waals surface area contributed by atoms with Crippen LogP contribution in [0.5, 0.6) is 0 Å². The van der Waals surface area contributed by atoms with Crippen molar-refractivity contribution in [1.29, 1.82) is 0 Å². The van der Waals surface area contributed by atoms with Gasteiger partial charge in [0.2, 0.25) is 0 Å². The smallest absolute Gasteiger partial charge is 0.103 e. The number of benzene rings is 3. The van der Waals surface area contributed by atoms with Gasteiger partial charge in [-0.05, 0) is 28.0 Å². The Bertz CT molecular complexity index is 651. The quantitative estimate of drug-likeness (QED) is 0.265. The zero-order valence-corrected chi connectivity index (χ0v) is 15.1. The molecule has 0 atom stereocenters. The molecule has 0 amide bonds. The van der Waals surface area contributed by atoms with Crippen molar-refractivity contribution < 1.29 is 0 Å². The van der Waals surface area contributed by atoms with Crippen molar-refractivity contribution in [1.82, 2.24) is 0 Å². The van der Waals surface area contributed by atoms with Gasteiger partial charge < -0.3 is 0 Å². The van der Waals surface area contributed by atoms with E-state index in [1.807, 2.05) is 6.08 Å². The van der Waals surface area contributed by atoms with Gasteiger partial charge in [0.05, 0.1) is 0 Å². The molecule has 3 rings (SSSR count). The minimum Gasteiger partial charge on any atom is -0.103 e. The Morgan fingerprint density at radius 1 is 0.625 bits per heavy atom. The molecule has 0 aromatic heterocycles. The van der Waals surface area contributed by atoms with E-state index in [1.54, 1.807) is 0 Å². The van der Waals surface area contributed by atoms with Gasteiger partial charge in [0, 0.05) is 0 Å². The maximum absolute atomic E-state index is 3.91. The van der Waals surface area contributed by atoms with Crippen molar-refractivity contribution in [3.05, 3.63) is 104 Å². The first-order chi connectivity index (χ1) is 11.9. The first kappa shape index (κ1) is 16.5. The van der Waals surface area contributed by atoms with Crippen LogP contribution >= 0.6 is 0 Å². The Hall–Kier alpha value is -2.38. The summed E-state index contributed by atoms with van der Waals surface area (Å²) in [6.45, 7) is 3.91. The van der Waals surface area contributed by atoms with Gasteiger partial charge in [0.1, 0.15) is 8.07 Å². The van der Waals surface area contributed by atoms with Crippen LogP contribution in [0.3, 0.4) is 0 Å². The highest BCUT2D eigenvalue weighted by molar-refractivity contribution is 7.11. The number of allylic oxidation sites excluding steroid dienone is 1. The second-order valence-corrected chi connectivity index (χ2v) is 10.2. The molecule has 0 saturated carbocycles. The third kappa shape index (κ3) is 3.27. The molecule has 0 spiro atoms. The third-order valence-electron chi connectivity index (χ3n) is 4.76. The largest absolute Gasteiger partial charge is 0.148 e. The van der Waals surface area contributed by atoms with E-state index in [9.17, 15) is 0 Å². The van der Waals surface area contributed by atoms with Crippen molar-refractivity contribution in [2.75, 3.05) is 0 Å². The predicted molar refractivity (Wildman–Crippen MR) is 108 cm³/mol. The highest BCUT2D eigenvalue weighted by atomic mass is 28.3. The van der Waals surface area contributed by atoms with Crippen molar-refractivity contribution in [2.24, 2.45) is 0 Å². The summed E-state index contributed by atoms with van der Waals surface area (Å²) >= 11 is 0. The molecule has 0 heterocycles. The van der Waals surface area contributed by atoms with E-state index in [-0.39, 0.29) is 0 Å². The molecule has 0 bridgehead atoms. The third-order valence-corrected chi connectivity index (χ3v) is 9.82. The van der Waals surface area contributed by atoms with E-state index in [1.165, 1.54) is 28.0 Å². The van der Waals surface area contributed by atoms with Gasteiger partial charge in [-0.2, -0.15) is 0 Å². The molecule has 0 nitrogen and oxygen atoms in total. The van der Waals surface area contributed by atoms with E-state index in [0.29, 0.717) is 0 Å². The van der Waals surface area contributed by atoms with E-state index >= 15 is 0 Å². The lowest BCUT2D eigenvalue weighted by Crippen LogP contribution is -2.66. The average Bonchev–Trinajstić information content (AvgIpc) is 2.68. The fourth-order valence-electron chi connectivity index (χ4n) is 3.61. The van der Waals surface area contributed by atoms with Crippen LogP contribution in [0.25, 0.3) is 0 Å². The fourth-order valence-corrected chi connectivity index (χ4v) is 8.50. The van der Waals surface area contributed by atoms with E-state index < -0.39 is 8.07 Å². The molecule has 0 saturated heterocycles. The van der Waals surface area contributed by atoms with Crippen molar-refractivity contribution in [3.63, 3.8) is 0 Å². The average molecular weight is 329 g/mol. The number of hydrogen-bond donors (Lipinski definition) is 0. The summed E-state index contributed by atoms with van der Waals surface area (Å²) < 4.78 is 0. The monoisotopic (exact) mass is 328 g/mol. The summed E-state index contributed by atoms with van der Waals surface area (Å²) in [7, 11) is -2.01. The molecule has 0 radical (unpaired) electrons. The first-order valence-electron chi connectivity index (χ1n) is 8.65. The molecule has 0 aliphatic carbocycles. The van der Waals surface area contributed by atoms with E-state index in [2.05, 4.69) is 97.6 Å². The van der Waals surface area contributed by atoms with Gasteiger partial charge in [-0.25, -0.2) is 0 Å². The Balaban J connectivity index is 2.22. The topological polar surface area (TPSA) is 0 Å². The highest BCUT2D eigenvalue weighted by Crippen LogP contribution is 2.16. The molecule has 0 fully saturated rings. The van der Waals surface area contributed by atoms with Crippen LogP contribution in [0.4, 0.5) is 0 Å². The van der Waals surface area contributed by atoms with Crippen molar-refractivity contribution in [3.8, 4) is 0 Å². The van der Waals surface area contributed by atoms with Gasteiger partial charge in [-0.1, -0.05) is 103 Å². The summed E-state index contributed by atoms with van der Waals surface area (Å²) in [5, 5.41) is 4.48. The Morgan fingerprint density at radius 3 is 1.33 bits per heavy atom. The summed E-state index contributed by atoms with van der Waals surface area (Å²) in [6, 6.07) is 34.5. The molecular formula is C23H24Si. The van der Waals surface area contributed by atoms with Gasteiger partial charge in [-0.15, -0.1) is 6.58 Å². The Kier molecular flexibility index (Phi) is 5.45. The van der Waals surface area contributed by atoms with Gasteiger partial charge in [0.15, 0.2) is 0 Å².